The van der Waals surface area contributed by atoms with Crippen molar-refractivity contribution in [1.82, 2.24) is 15.5 Å². The van der Waals surface area contributed by atoms with Gasteiger partial charge < -0.3 is 25.4 Å². The zero-order valence-corrected chi connectivity index (χ0v) is 20.7. The number of benzene rings is 2. The van der Waals surface area contributed by atoms with Gasteiger partial charge in [-0.15, -0.1) is 0 Å². The van der Waals surface area contributed by atoms with Crippen molar-refractivity contribution in [3.8, 4) is 5.75 Å². The van der Waals surface area contributed by atoms with Crippen LogP contribution in [0.3, 0.4) is 0 Å². The van der Waals surface area contributed by atoms with Crippen LogP contribution in [0.1, 0.15) is 29.7 Å². The van der Waals surface area contributed by atoms with Gasteiger partial charge >= 0.3 is 12.0 Å². The molecule has 0 saturated carbocycles. The molecule has 0 saturated heterocycles. The molecule has 3 rings (SSSR count). The zero-order chi connectivity index (χ0) is 25.5. The van der Waals surface area contributed by atoms with Gasteiger partial charge in [-0.05, 0) is 62.7 Å². The largest absolute Gasteiger partial charge is 0.497 e. The van der Waals surface area contributed by atoms with Crippen LogP contribution in [0.2, 0.25) is 0 Å². The Labute approximate surface area is 205 Å². The van der Waals surface area contributed by atoms with Crippen molar-refractivity contribution in [1.29, 1.82) is 0 Å². The van der Waals surface area contributed by atoms with Gasteiger partial charge in [0.15, 0.2) is 0 Å². The first-order valence-electron chi connectivity index (χ1n) is 11.4. The molecule has 9 heteroatoms. The fraction of sp³-hybridized carbons (Fsp3) is 0.346. The predicted molar refractivity (Wildman–Crippen MR) is 133 cm³/mol. The monoisotopic (exact) mass is 480 g/mol. The molecule has 1 unspecified atom stereocenters. The Bertz CT molecular complexity index is 1130. The number of carbonyl (C=O) groups is 3. The first-order chi connectivity index (χ1) is 16.7. The lowest BCUT2D eigenvalue weighted by molar-refractivity contribution is -0.139. The second-order valence-corrected chi connectivity index (χ2v) is 8.39. The topological polar surface area (TPSA) is 109 Å². The first kappa shape index (κ1) is 25.8. The summed E-state index contributed by atoms with van der Waals surface area (Å²) in [5.41, 5.74) is 4.22. The number of nitrogens with one attached hydrogen (secondary N) is 3. The molecule has 2 aromatic rings. The van der Waals surface area contributed by atoms with E-state index in [1.807, 2.05) is 32.0 Å². The minimum atomic E-state index is -0.708. The molecule has 1 aliphatic heterocycles. The molecule has 0 radical (unpaired) electrons. The van der Waals surface area contributed by atoms with E-state index in [-0.39, 0.29) is 25.6 Å². The number of rotatable bonds is 9. The first-order valence-corrected chi connectivity index (χ1v) is 11.4. The number of carbonyl (C=O) groups excluding carboxylic acids is 3. The summed E-state index contributed by atoms with van der Waals surface area (Å²) in [6.45, 7) is 6.07. The summed E-state index contributed by atoms with van der Waals surface area (Å²) < 4.78 is 10.5. The van der Waals surface area contributed by atoms with Crippen molar-refractivity contribution in [3.63, 3.8) is 0 Å². The lowest BCUT2D eigenvalue weighted by Gasteiger charge is -2.31. The van der Waals surface area contributed by atoms with Gasteiger partial charge in [0.2, 0.25) is 5.91 Å². The summed E-state index contributed by atoms with van der Waals surface area (Å²) in [6.07, 6.45) is 0. The minimum absolute atomic E-state index is 0.0590. The Hall–Kier alpha value is -3.85. The molecule has 0 aromatic heterocycles. The molecule has 0 aliphatic carbocycles. The van der Waals surface area contributed by atoms with E-state index in [0.717, 1.165) is 16.8 Å². The molecule has 186 valence electrons. The molecule has 1 atom stereocenters. The number of amides is 3. The van der Waals surface area contributed by atoms with Crippen molar-refractivity contribution >= 4 is 23.6 Å². The van der Waals surface area contributed by atoms with Gasteiger partial charge in [-0.1, -0.05) is 24.3 Å². The standard InChI is InChI=1S/C26H32N4O5/c1-6-35-25(32)23-21(28-26(33)29-24(23)18-10-12-19(34-5)13-11-18)14-30(4)15-22(31)27-20-9-7-8-16(2)17(20)3/h7-13,24H,6,14-15H2,1-5H3,(H,27,31)(H2,28,29,33). The second kappa shape index (κ2) is 11.5. The maximum Gasteiger partial charge on any atom is 0.338 e. The van der Waals surface area contributed by atoms with Gasteiger partial charge in [-0.25, -0.2) is 9.59 Å². The number of ether oxygens (including phenoxy) is 2. The van der Waals surface area contributed by atoms with E-state index in [2.05, 4.69) is 16.0 Å². The van der Waals surface area contributed by atoms with Crippen molar-refractivity contribution in [2.75, 3.05) is 39.2 Å². The Morgan fingerprint density at radius 1 is 1.11 bits per heavy atom. The summed E-state index contributed by atoms with van der Waals surface area (Å²) in [5, 5.41) is 8.46. The molecule has 3 N–H and O–H groups in total. The highest BCUT2D eigenvalue weighted by Gasteiger charge is 2.34. The quantitative estimate of drug-likeness (QED) is 0.476. The van der Waals surface area contributed by atoms with Crippen LogP contribution in [0.4, 0.5) is 10.5 Å². The highest BCUT2D eigenvalue weighted by Crippen LogP contribution is 2.29. The highest BCUT2D eigenvalue weighted by molar-refractivity contribution is 5.95. The Morgan fingerprint density at radius 3 is 2.49 bits per heavy atom. The Balaban J connectivity index is 1.83. The van der Waals surface area contributed by atoms with Gasteiger partial charge in [0, 0.05) is 17.9 Å². The number of hydrogen-bond acceptors (Lipinski definition) is 6. The van der Waals surface area contributed by atoms with Crippen LogP contribution in [0.5, 0.6) is 5.75 Å². The SMILES string of the molecule is CCOC(=O)C1=C(CN(C)CC(=O)Nc2cccc(C)c2C)NC(=O)NC1c1ccc(OC)cc1. The van der Waals surface area contributed by atoms with E-state index in [0.29, 0.717) is 22.6 Å². The van der Waals surface area contributed by atoms with E-state index in [4.69, 9.17) is 9.47 Å². The Morgan fingerprint density at radius 2 is 1.83 bits per heavy atom. The molecule has 3 amide bonds. The predicted octanol–water partition coefficient (Wildman–Crippen LogP) is 3.05. The number of likely N-dealkylation sites (N-methyl/N-ethyl adjacent to an activating group) is 1. The average Bonchev–Trinajstić information content (AvgIpc) is 2.81. The smallest absolute Gasteiger partial charge is 0.338 e. The fourth-order valence-electron chi connectivity index (χ4n) is 3.89. The summed E-state index contributed by atoms with van der Waals surface area (Å²) in [4.78, 5) is 39.8. The van der Waals surface area contributed by atoms with Crippen LogP contribution in [0.15, 0.2) is 53.7 Å². The van der Waals surface area contributed by atoms with Crippen LogP contribution in [0.25, 0.3) is 0 Å². The number of methoxy groups -OCH3 is 1. The molecule has 1 aliphatic rings. The number of urea groups is 1. The average molecular weight is 481 g/mol. The molecule has 9 nitrogen and oxygen atoms in total. The van der Waals surface area contributed by atoms with Gasteiger partial charge in [0.05, 0.1) is 31.9 Å². The molecular weight excluding hydrogens is 448 g/mol. The van der Waals surface area contributed by atoms with Crippen molar-refractivity contribution < 1.29 is 23.9 Å². The van der Waals surface area contributed by atoms with Crippen LogP contribution in [-0.2, 0) is 14.3 Å². The molecule has 2 aromatic carbocycles. The summed E-state index contributed by atoms with van der Waals surface area (Å²) >= 11 is 0. The molecule has 0 spiro atoms. The van der Waals surface area contributed by atoms with Gasteiger partial charge in [-0.2, -0.15) is 0 Å². The summed E-state index contributed by atoms with van der Waals surface area (Å²) in [7, 11) is 3.31. The number of esters is 1. The van der Waals surface area contributed by atoms with Gasteiger partial charge in [-0.3, -0.25) is 9.69 Å². The lowest BCUT2D eigenvalue weighted by atomic mass is 9.95. The molecule has 35 heavy (non-hydrogen) atoms. The van der Waals surface area contributed by atoms with Crippen LogP contribution in [0, 0.1) is 13.8 Å². The molecule has 0 bridgehead atoms. The maximum absolute atomic E-state index is 12.9. The van der Waals surface area contributed by atoms with Gasteiger partial charge in [0.1, 0.15) is 5.75 Å². The number of hydrogen-bond donors (Lipinski definition) is 3. The maximum atomic E-state index is 12.9. The minimum Gasteiger partial charge on any atom is -0.497 e. The van der Waals surface area contributed by atoms with E-state index in [1.165, 1.54) is 0 Å². The molecular formula is C26H32N4O5. The molecule has 1 heterocycles. The normalized spacial score (nSPS) is 15.4. The van der Waals surface area contributed by atoms with E-state index in [9.17, 15) is 14.4 Å². The third-order valence-corrected chi connectivity index (χ3v) is 5.82. The van der Waals surface area contributed by atoms with E-state index < -0.39 is 18.0 Å². The number of nitrogens with zero attached hydrogens (tertiary/aromatic N) is 1. The van der Waals surface area contributed by atoms with Crippen molar-refractivity contribution in [2.45, 2.75) is 26.8 Å². The summed E-state index contributed by atoms with van der Waals surface area (Å²) in [5.74, 6) is -0.0824. The van der Waals surface area contributed by atoms with Crippen LogP contribution < -0.4 is 20.7 Å². The fourth-order valence-corrected chi connectivity index (χ4v) is 3.89. The summed E-state index contributed by atoms with van der Waals surface area (Å²) in [6, 6.07) is 11.7. The van der Waals surface area contributed by atoms with Crippen molar-refractivity contribution in [3.05, 3.63) is 70.4 Å². The number of anilines is 1. The second-order valence-electron chi connectivity index (χ2n) is 8.39. The van der Waals surface area contributed by atoms with Crippen LogP contribution >= 0.6 is 0 Å². The number of aryl methyl sites for hydroxylation is 1. The van der Waals surface area contributed by atoms with E-state index in [1.54, 1.807) is 50.2 Å². The Kier molecular flexibility index (Phi) is 8.48. The third kappa shape index (κ3) is 6.39. The van der Waals surface area contributed by atoms with Gasteiger partial charge in [0.25, 0.3) is 0 Å². The van der Waals surface area contributed by atoms with Crippen LogP contribution in [-0.4, -0.2) is 56.7 Å². The lowest BCUT2D eigenvalue weighted by Crippen LogP contribution is -2.48. The zero-order valence-electron chi connectivity index (χ0n) is 20.7. The third-order valence-electron chi connectivity index (χ3n) is 5.82. The van der Waals surface area contributed by atoms with Crippen molar-refractivity contribution in [2.24, 2.45) is 0 Å². The highest BCUT2D eigenvalue weighted by atomic mass is 16.5. The molecule has 0 fully saturated rings. The van der Waals surface area contributed by atoms with E-state index >= 15 is 0 Å².